The van der Waals surface area contributed by atoms with Crippen molar-refractivity contribution in [1.82, 2.24) is 0 Å². The summed E-state index contributed by atoms with van der Waals surface area (Å²) in [5.41, 5.74) is 4.42. The fourth-order valence-corrected chi connectivity index (χ4v) is 13.7. The summed E-state index contributed by atoms with van der Waals surface area (Å²) in [6.45, 7) is 12.6. The second-order valence-corrected chi connectivity index (χ2v) is 18.1. The molecule has 0 unspecified atom stereocenters. The predicted molar refractivity (Wildman–Crippen MR) is 120 cm³/mol. The molecule has 28 heavy (non-hydrogen) atoms. The van der Waals surface area contributed by atoms with Crippen LogP contribution in [0, 0.1) is 0 Å². The molecule has 0 bridgehead atoms. The molecule has 0 amide bonds. The summed E-state index contributed by atoms with van der Waals surface area (Å²) in [5, 5.41) is -0.645. The smallest absolute Gasteiger partial charge is 0.105 e. The molecular weight excluding hydrogens is 382 g/mol. The van der Waals surface area contributed by atoms with Gasteiger partial charge in [0.2, 0.25) is 0 Å². The van der Waals surface area contributed by atoms with Crippen LogP contribution >= 0.6 is 14.3 Å². The molecule has 2 aromatic rings. The van der Waals surface area contributed by atoms with Gasteiger partial charge < -0.3 is 9.13 Å². The van der Waals surface area contributed by atoms with E-state index in [-0.39, 0.29) is 21.6 Å². The van der Waals surface area contributed by atoms with Crippen LogP contribution < -0.4 is 0 Å². The highest BCUT2D eigenvalue weighted by Crippen LogP contribution is 2.87. The molecular formula is C24H32O2P2. The number of benzene rings is 2. The first-order chi connectivity index (χ1) is 12.9. The topological polar surface area (TPSA) is 34.1 Å². The van der Waals surface area contributed by atoms with E-state index in [0.29, 0.717) is 12.3 Å². The van der Waals surface area contributed by atoms with Crippen LogP contribution in [0.1, 0.15) is 75.1 Å². The molecule has 4 rings (SSSR count). The van der Waals surface area contributed by atoms with Crippen LogP contribution in [0.4, 0.5) is 0 Å². The van der Waals surface area contributed by atoms with E-state index in [0.717, 1.165) is 0 Å². The van der Waals surface area contributed by atoms with Crippen LogP contribution in [0.15, 0.2) is 48.5 Å². The molecule has 0 aromatic heterocycles. The molecule has 150 valence electrons. The molecule has 0 N–H and O–H groups in total. The normalized spacial score (nSPS) is 32.2. The van der Waals surface area contributed by atoms with Gasteiger partial charge in [-0.1, -0.05) is 90.1 Å². The van der Waals surface area contributed by atoms with Gasteiger partial charge in [-0.25, -0.2) is 0 Å². The summed E-state index contributed by atoms with van der Waals surface area (Å²) in [6.07, 6.45) is 1.25. The molecule has 0 fully saturated rings. The van der Waals surface area contributed by atoms with Gasteiger partial charge in [-0.15, -0.1) is 0 Å². The van der Waals surface area contributed by atoms with E-state index in [1.807, 2.05) is 24.3 Å². The van der Waals surface area contributed by atoms with Crippen LogP contribution in [0.25, 0.3) is 0 Å². The van der Waals surface area contributed by atoms with Crippen molar-refractivity contribution >= 4 is 14.3 Å². The van der Waals surface area contributed by atoms with E-state index in [2.05, 4.69) is 65.8 Å². The fraction of sp³-hybridized carbons (Fsp3) is 0.500. The quantitative estimate of drug-likeness (QED) is 0.446. The minimum Gasteiger partial charge on any atom is -0.322 e. The maximum Gasteiger partial charge on any atom is 0.105 e. The molecule has 4 heteroatoms. The van der Waals surface area contributed by atoms with Crippen molar-refractivity contribution in [2.75, 3.05) is 0 Å². The van der Waals surface area contributed by atoms with Crippen molar-refractivity contribution in [1.29, 1.82) is 0 Å². The van der Waals surface area contributed by atoms with Crippen molar-refractivity contribution in [3.63, 3.8) is 0 Å². The highest BCUT2D eigenvalue weighted by atomic mass is 31.2. The van der Waals surface area contributed by atoms with Crippen molar-refractivity contribution in [2.24, 2.45) is 0 Å². The van der Waals surface area contributed by atoms with E-state index >= 15 is 0 Å². The number of hydrogen-bond donors (Lipinski definition) is 0. The third kappa shape index (κ3) is 2.68. The fourth-order valence-electron chi connectivity index (χ4n) is 5.19. The van der Waals surface area contributed by atoms with Crippen molar-refractivity contribution < 1.29 is 9.13 Å². The second-order valence-electron chi connectivity index (χ2n) is 10.5. The van der Waals surface area contributed by atoms with Gasteiger partial charge in [-0.3, -0.25) is 0 Å². The summed E-state index contributed by atoms with van der Waals surface area (Å²) in [5.74, 6) is 0. The second kappa shape index (κ2) is 6.20. The maximum absolute atomic E-state index is 14.7. The zero-order valence-corrected chi connectivity index (χ0v) is 19.7. The SMILES string of the molecule is CC(C)(C)[P@]1(=O)Cc2ccccc2[C@@H]1[C@H]1c2ccccc2C[P@@]1(=O)C(C)(C)C. The van der Waals surface area contributed by atoms with E-state index in [9.17, 15) is 9.13 Å². The van der Waals surface area contributed by atoms with Gasteiger partial charge in [0.15, 0.2) is 0 Å². The molecule has 4 atom stereocenters. The average molecular weight is 414 g/mol. The minimum atomic E-state index is -2.67. The van der Waals surface area contributed by atoms with E-state index in [4.69, 9.17) is 0 Å². The lowest BCUT2D eigenvalue weighted by Crippen LogP contribution is -2.24. The number of hydrogen-bond acceptors (Lipinski definition) is 2. The molecule has 0 saturated heterocycles. The summed E-state index contributed by atoms with van der Waals surface area (Å²) in [6, 6.07) is 16.7. The lowest BCUT2D eigenvalue weighted by Gasteiger charge is -2.42. The third-order valence-corrected chi connectivity index (χ3v) is 16.4. The first-order valence-electron chi connectivity index (χ1n) is 10.2. The van der Waals surface area contributed by atoms with Gasteiger partial charge in [-0.05, 0) is 22.3 Å². The Morgan fingerprint density at radius 1 is 0.643 bits per heavy atom. The predicted octanol–water partition coefficient (Wildman–Crippen LogP) is 7.82. The first-order valence-corrected chi connectivity index (χ1v) is 14.2. The van der Waals surface area contributed by atoms with Gasteiger partial charge in [0.25, 0.3) is 0 Å². The number of rotatable bonds is 1. The van der Waals surface area contributed by atoms with E-state index in [1.54, 1.807) is 0 Å². The lowest BCUT2D eigenvalue weighted by molar-refractivity contribution is 0.521. The molecule has 0 saturated carbocycles. The molecule has 2 aliphatic rings. The third-order valence-electron chi connectivity index (χ3n) is 7.03. The Balaban J connectivity index is 2.03. The summed E-state index contributed by atoms with van der Waals surface area (Å²) in [4.78, 5) is 0. The summed E-state index contributed by atoms with van der Waals surface area (Å²) in [7, 11) is -5.34. The summed E-state index contributed by atoms with van der Waals surface area (Å²) >= 11 is 0. The van der Waals surface area contributed by atoms with Crippen LogP contribution in [0.5, 0.6) is 0 Å². The molecule has 2 aliphatic heterocycles. The lowest BCUT2D eigenvalue weighted by atomic mass is 9.98. The van der Waals surface area contributed by atoms with Crippen LogP contribution in [-0.2, 0) is 21.5 Å². The molecule has 2 aromatic carbocycles. The van der Waals surface area contributed by atoms with Crippen LogP contribution in [0.2, 0.25) is 0 Å². The first kappa shape index (κ1) is 20.2. The van der Waals surface area contributed by atoms with Crippen molar-refractivity contribution in [3.05, 3.63) is 70.8 Å². The zero-order valence-electron chi connectivity index (χ0n) is 17.9. The Bertz CT molecular complexity index is 940. The minimum absolute atomic E-state index is 0.155. The molecule has 0 aliphatic carbocycles. The molecule has 0 radical (unpaired) electrons. The Morgan fingerprint density at radius 2 is 0.964 bits per heavy atom. The average Bonchev–Trinajstić information content (AvgIpc) is 3.05. The van der Waals surface area contributed by atoms with E-state index < -0.39 is 14.3 Å². The maximum atomic E-state index is 14.7. The van der Waals surface area contributed by atoms with Crippen molar-refractivity contribution in [2.45, 2.75) is 75.5 Å². The molecule has 0 spiro atoms. The highest BCUT2D eigenvalue weighted by Gasteiger charge is 2.60. The Morgan fingerprint density at radius 3 is 1.29 bits per heavy atom. The van der Waals surface area contributed by atoms with E-state index in [1.165, 1.54) is 22.3 Å². The van der Waals surface area contributed by atoms with Gasteiger partial charge in [0.1, 0.15) is 14.3 Å². The van der Waals surface area contributed by atoms with Crippen LogP contribution in [0.3, 0.4) is 0 Å². The van der Waals surface area contributed by atoms with Gasteiger partial charge in [-0.2, -0.15) is 0 Å². The summed E-state index contributed by atoms with van der Waals surface area (Å²) < 4.78 is 29.4. The van der Waals surface area contributed by atoms with Gasteiger partial charge in [0.05, 0.1) is 11.3 Å². The standard InChI is InChI=1S/C24H32O2P2/c1-23(2,3)27(25)15-17-11-7-9-13-19(17)21(27)22-20-14-10-8-12-18(20)16-28(22,26)24(4,5)6/h7-14,21-22H,15-16H2,1-6H3/t21-,22-,27+,28+/m1/s1. The van der Waals surface area contributed by atoms with Gasteiger partial charge >= 0.3 is 0 Å². The Labute approximate surface area is 169 Å². The van der Waals surface area contributed by atoms with Crippen LogP contribution in [-0.4, -0.2) is 10.3 Å². The highest BCUT2D eigenvalue weighted by molar-refractivity contribution is 7.69. The monoisotopic (exact) mass is 414 g/mol. The van der Waals surface area contributed by atoms with Crippen molar-refractivity contribution in [3.8, 4) is 0 Å². The Kier molecular flexibility index (Phi) is 4.47. The van der Waals surface area contributed by atoms with Gasteiger partial charge in [0, 0.05) is 22.6 Å². The molecule has 2 heterocycles. The molecule has 2 nitrogen and oxygen atoms in total. The number of fused-ring (bicyclic) bond motifs is 2. The Hall–Kier alpha value is -1.10. The largest absolute Gasteiger partial charge is 0.322 e. The zero-order chi connectivity index (χ0) is 20.5.